The van der Waals surface area contributed by atoms with Crippen LogP contribution < -0.4 is 10.6 Å². The molecule has 0 aliphatic carbocycles. The topological polar surface area (TPSA) is 98.7 Å². The number of hydrogen-bond donors (Lipinski definition) is 4. The fraction of sp³-hybridized carbons (Fsp3) is 0.909. The first-order valence-electron chi connectivity index (χ1n) is 10.6. The van der Waals surface area contributed by atoms with Gasteiger partial charge in [-0.15, -0.1) is 0 Å². The van der Waals surface area contributed by atoms with Gasteiger partial charge in [0.25, 0.3) is 0 Å². The Bertz CT molecular complexity index is 476. The minimum absolute atomic E-state index is 0.437. The van der Waals surface area contributed by atoms with Gasteiger partial charge in [-0.1, -0.05) is 69.2 Å². The third-order valence-corrected chi connectivity index (χ3v) is 6.01. The first kappa shape index (κ1) is 26.9. The van der Waals surface area contributed by atoms with Crippen molar-refractivity contribution in [3.63, 3.8) is 0 Å². The Hall–Kier alpha value is -1.14. The highest BCUT2D eigenvalue weighted by Crippen LogP contribution is 2.34. The Morgan fingerprint density at radius 3 is 1.00 bits per heavy atom. The van der Waals surface area contributed by atoms with Crippen LogP contribution in [0, 0.1) is 10.8 Å². The molecule has 0 aromatic carbocycles. The van der Waals surface area contributed by atoms with Crippen molar-refractivity contribution >= 4 is 11.8 Å². The summed E-state index contributed by atoms with van der Waals surface area (Å²) in [6, 6.07) is -1.17. The van der Waals surface area contributed by atoms with Gasteiger partial charge in [-0.05, 0) is 36.5 Å². The molecule has 166 valence electrons. The lowest BCUT2D eigenvalue weighted by atomic mass is 9.73. The van der Waals surface area contributed by atoms with Crippen LogP contribution in [-0.4, -0.2) is 45.3 Å². The highest BCUT2D eigenvalue weighted by molar-refractivity contribution is 6.35. The summed E-state index contributed by atoms with van der Waals surface area (Å²) in [4.78, 5) is 25.5. The fourth-order valence-electron chi connectivity index (χ4n) is 4.02. The van der Waals surface area contributed by atoms with Gasteiger partial charge in [0, 0.05) is 0 Å². The molecule has 0 aliphatic heterocycles. The molecule has 6 nitrogen and oxygen atoms in total. The van der Waals surface area contributed by atoms with Crippen molar-refractivity contribution in [2.45, 2.75) is 118 Å². The van der Waals surface area contributed by atoms with Crippen LogP contribution in [0.5, 0.6) is 0 Å². The summed E-state index contributed by atoms with van der Waals surface area (Å²) < 4.78 is 0. The Kier molecular flexibility index (Phi) is 9.18. The van der Waals surface area contributed by atoms with Gasteiger partial charge in [-0.3, -0.25) is 9.59 Å². The molecule has 2 unspecified atom stereocenters. The van der Waals surface area contributed by atoms with E-state index >= 15 is 0 Å². The summed E-state index contributed by atoms with van der Waals surface area (Å²) in [5.74, 6) is -1.58. The van der Waals surface area contributed by atoms with Crippen LogP contribution in [0.2, 0.25) is 0 Å². The van der Waals surface area contributed by atoms with Crippen LogP contribution in [0.4, 0.5) is 0 Å². The maximum Gasteiger partial charge on any atom is 0.309 e. The Balaban J connectivity index is 5.66. The maximum atomic E-state index is 12.7. The molecule has 0 heterocycles. The molecule has 0 bridgehead atoms. The normalized spacial score (nSPS) is 15.7. The summed E-state index contributed by atoms with van der Waals surface area (Å²) in [5.41, 5.74) is -3.09. The number of carbonyl (C=O) groups is 2. The molecule has 0 aromatic rings. The smallest absolute Gasteiger partial charge is 0.309 e. The second-order valence-electron chi connectivity index (χ2n) is 10.2. The summed E-state index contributed by atoms with van der Waals surface area (Å²) in [6.45, 7) is 19.0. The molecule has 0 saturated heterocycles. The van der Waals surface area contributed by atoms with E-state index in [1.54, 1.807) is 0 Å². The van der Waals surface area contributed by atoms with Crippen molar-refractivity contribution in [2.24, 2.45) is 10.8 Å². The van der Waals surface area contributed by atoms with Crippen LogP contribution in [0.1, 0.15) is 94.9 Å². The zero-order valence-corrected chi connectivity index (χ0v) is 19.7. The second-order valence-corrected chi connectivity index (χ2v) is 10.2. The van der Waals surface area contributed by atoms with E-state index in [0.29, 0.717) is 25.7 Å². The molecule has 0 spiro atoms. The monoisotopic (exact) mass is 400 g/mol. The molecule has 2 atom stereocenters. The van der Waals surface area contributed by atoms with E-state index in [2.05, 4.69) is 10.6 Å². The van der Waals surface area contributed by atoms with Gasteiger partial charge in [0.15, 0.2) is 0 Å². The molecule has 28 heavy (non-hydrogen) atoms. The molecule has 4 N–H and O–H groups in total. The van der Waals surface area contributed by atoms with Crippen LogP contribution in [0.3, 0.4) is 0 Å². The minimum atomic E-state index is -1.11. The molecule has 0 rings (SSSR count). The number of rotatable bonds is 8. The number of hydrogen-bond acceptors (Lipinski definition) is 4. The summed E-state index contributed by atoms with van der Waals surface area (Å²) in [6.07, 6.45) is 1.85. The van der Waals surface area contributed by atoms with E-state index in [0.717, 1.165) is 0 Å². The standard InChI is InChI=1S/C22H44N2O4/c1-11-21(27,12-2)17(19(5,6)7)23-15(25)16(26)24-18(20(8,9)10)22(28,13-3)14-4/h17-18,27-28H,11-14H2,1-10H3,(H,23,25)(H,24,26). The average molecular weight is 401 g/mol. The minimum Gasteiger partial charge on any atom is -0.388 e. The average Bonchev–Trinajstić information content (AvgIpc) is 2.60. The molecule has 6 heteroatoms. The van der Waals surface area contributed by atoms with Gasteiger partial charge >= 0.3 is 11.8 Å². The quantitative estimate of drug-likeness (QED) is 0.470. The summed E-state index contributed by atoms with van der Waals surface area (Å²) >= 11 is 0. The van der Waals surface area contributed by atoms with E-state index in [9.17, 15) is 19.8 Å². The zero-order valence-electron chi connectivity index (χ0n) is 19.7. The molecule has 0 radical (unpaired) electrons. The first-order chi connectivity index (χ1) is 12.5. The largest absolute Gasteiger partial charge is 0.388 e. The number of nitrogens with one attached hydrogen (secondary N) is 2. The van der Waals surface area contributed by atoms with Crippen LogP contribution in [0.25, 0.3) is 0 Å². The predicted molar refractivity (Wildman–Crippen MR) is 114 cm³/mol. The SMILES string of the molecule is CCC(O)(CC)C(NC(=O)C(=O)NC(C(C)(C)C)C(O)(CC)CC)C(C)(C)C. The zero-order chi connectivity index (χ0) is 22.6. The van der Waals surface area contributed by atoms with Crippen LogP contribution in [0.15, 0.2) is 0 Å². The molecular formula is C22H44N2O4. The molecular weight excluding hydrogens is 356 g/mol. The lowest BCUT2D eigenvalue weighted by Gasteiger charge is -2.44. The highest BCUT2D eigenvalue weighted by atomic mass is 16.3. The number of carbonyl (C=O) groups excluding carboxylic acids is 2. The van der Waals surface area contributed by atoms with Gasteiger partial charge in [0.2, 0.25) is 0 Å². The van der Waals surface area contributed by atoms with Gasteiger partial charge in [-0.2, -0.15) is 0 Å². The van der Waals surface area contributed by atoms with Gasteiger partial charge in [-0.25, -0.2) is 0 Å². The third-order valence-electron chi connectivity index (χ3n) is 6.01. The fourth-order valence-corrected chi connectivity index (χ4v) is 4.02. The Labute approximate surface area is 171 Å². The van der Waals surface area contributed by atoms with Gasteiger partial charge in [0.05, 0.1) is 23.3 Å². The van der Waals surface area contributed by atoms with Gasteiger partial charge < -0.3 is 20.8 Å². The van der Waals surface area contributed by atoms with Crippen LogP contribution >= 0.6 is 0 Å². The summed E-state index contributed by atoms with van der Waals surface area (Å²) in [7, 11) is 0. The van der Waals surface area contributed by atoms with E-state index < -0.39 is 45.9 Å². The van der Waals surface area contributed by atoms with Gasteiger partial charge in [0.1, 0.15) is 0 Å². The predicted octanol–water partition coefficient (Wildman–Crippen LogP) is 3.15. The highest BCUT2D eigenvalue weighted by Gasteiger charge is 2.45. The van der Waals surface area contributed by atoms with E-state index in [-0.39, 0.29) is 0 Å². The van der Waals surface area contributed by atoms with Crippen molar-refractivity contribution in [2.75, 3.05) is 0 Å². The lowest BCUT2D eigenvalue weighted by Crippen LogP contribution is -2.64. The van der Waals surface area contributed by atoms with E-state index in [1.807, 2.05) is 69.2 Å². The molecule has 0 saturated carbocycles. The molecule has 0 aromatic heterocycles. The summed E-state index contributed by atoms with van der Waals surface area (Å²) in [5, 5.41) is 27.5. The Morgan fingerprint density at radius 2 is 0.857 bits per heavy atom. The number of aliphatic hydroxyl groups is 2. The van der Waals surface area contributed by atoms with Crippen molar-refractivity contribution in [3.8, 4) is 0 Å². The lowest BCUT2D eigenvalue weighted by molar-refractivity contribution is -0.145. The molecule has 0 aliphatic rings. The number of amides is 2. The van der Waals surface area contributed by atoms with Crippen molar-refractivity contribution in [1.82, 2.24) is 10.6 Å². The Morgan fingerprint density at radius 1 is 0.643 bits per heavy atom. The van der Waals surface area contributed by atoms with Crippen molar-refractivity contribution in [1.29, 1.82) is 0 Å². The van der Waals surface area contributed by atoms with Crippen molar-refractivity contribution in [3.05, 3.63) is 0 Å². The second kappa shape index (κ2) is 9.57. The van der Waals surface area contributed by atoms with E-state index in [4.69, 9.17) is 0 Å². The van der Waals surface area contributed by atoms with E-state index in [1.165, 1.54) is 0 Å². The van der Waals surface area contributed by atoms with Crippen molar-refractivity contribution < 1.29 is 19.8 Å². The third kappa shape index (κ3) is 6.45. The molecule has 2 amide bonds. The maximum absolute atomic E-state index is 12.7. The first-order valence-corrected chi connectivity index (χ1v) is 10.6. The molecule has 0 fully saturated rings. The van der Waals surface area contributed by atoms with Crippen LogP contribution in [-0.2, 0) is 9.59 Å².